The number of hydrogen-bond acceptors (Lipinski definition) is 3. The minimum atomic E-state index is -0.107. The summed E-state index contributed by atoms with van der Waals surface area (Å²) in [6.45, 7) is 0.945. The fraction of sp³-hybridized carbons (Fsp3) is 0.353. The lowest BCUT2D eigenvalue weighted by atomic mass is 9.64. The topological polar surface area (TPSA) is 68.3 Å². The number of amides is 1. The third-order valence-corrected chi connectivity index (χ3v) is 4.95. The SMILES string of the molecule is Cl.NCc1cc(C(=O)NCC2(c3cccc(Br)c3)CCC2)co1. The van der Waals surface area contributed by atoms with Crippen LogP contribution in [0.4, 0.5) is 0 Å². The average molecular weight is 400 g/mol. The van der Waals surface area contributed by atoms with Crippen LogP contribution in [0, 0.1) is 0 Å². The molecule has 2 aromatic rings. The van der Waals surface area contributed by atoms with E-state index in [2.05, 4.69) is 33.4 Å². The molecule has 0 unspecified atom stereocenters. The predicted octanol–water partition coefficient (Wildman–Crippen LogP) is 3.77. The summed E-state index contributed by atoms with van der Waals surface area (Å²) in [5.74, 6) is 0.514. The van der Waals surface area contributed by atoms with E-state index in [1.54, 1.807) is 6.07 Å². The van der Waals surface area contributed by atoms with E-state index < -0.39 is 0 Å². The molecule has 6 heteroatoms. The Labute approximate surface area is 150 Å². The van der Waals surface area contributed by atoms with Gasteiger partial charge in [-0.15, -0.1) is 12.4 Å². The van der Waals surface area contributed by atoms with Crippen LogP contribution < -0.4 is 11.1 Å². The van der Waals surface area contributed by atoms with Gasteiger partial charge < -0.3 is 15.5 Å². The molecule has 0 aliphatic heterocycles. The summed E-state index contributed by atoms with van der Waals surface area (Å²) in [6.07, 6.45) is 4.86. The number of nitrogens with two attached hydrogens (primary N) is 1. The van der Waals surface area contributed by atoms with Crippen molar-refractivity contribution in [1.82, 2.24) is 5.32 Å². The number of rotatable bonds is 5. The monoisotopic (exact) mass is 398 g/mol. The summed E-state index contributed by atoms with van der Waals surface area (Å²) < 4.78 is 6.29. The van der Waals surface area contributed by atoms with E-state index in [1.807, 2.05) is 12.1 Å². The van der Waals surface area contributed by atoms with Gasteiger partial charge in [0.25, 0.3) is 5.91 Å². The van der Waals surface area contributed by atoms with Crippen molar-refractivity contribution in [1.29, 1.82) is 0 Å². The van der Waals surface area contributed by atoms with E-state index in [1.165, 1.54) is 18.2 Å². The van der Waals surface area contributed by atoms with Gasteiger partial charge >= 0.3 is 0 Å². The molecule has 23 heavy (non-hydrogen) atoms. The molecular weight excluding hydrogens is 380 g/mol. The molecule has 0 atom stereocenters. The van der Waals surface area contributed by atoms with Gasteiger partial charge in [0.2, 0.25) is 0 Å². The first-order chi connectivity index (χ1) is 10.6. The Kier molecular flexibility index (Phi) is 5.89. The molecule has 4 nitrogen and oxygen atoms in total. The Morgan fingerprint density at radius 3 is 2.70 bits per heavy atom. The van der Waals surface area contributed by atoms with Crippen molar-refractivity contribution < 1.29 is 9.21 Å². The summed E-state index contributed by atoms with van der Waals surface area (Å²) in [4.78, 5) is 12.2. The van der Waals surface area contributed by atoms with Crippen LogP contribution in [0.25, 0.3) is 0 Å². The highest BCUT2D eigenvalue weighted by molar-refractivity contribution is 9.10. The van der Waals surface area contributed by atoms with Crippen molar-refractivity contribution in [2.75, 3.05) is 6.54 Å². The number of furan rings is 1. The van der Waals surface area contributed by atoms with Crippen LogP contribution in [0.5, 0.6) is 0 Å². The molecule has 0 saturated heterocycles. The standard InChI is InChI=1S/C17H19BrN2O2.ClH/c18-14-4-1-3-13(8-14)17(5-2-6-17)11-20-16(21)12-7-15(9-19)22-10-12;/h1,3-4,7-8,10H,2,5-6,9,11,19H2,(H,20,21);1H. The van der Waals surface area contributed by atoms with E-state index in [9.17, 15) is 4.79 Å². The summed E-state index contributed by atoms with van der Waals surface area (Å²) in [6, 6.07) is 10.1. The highest BCUT2D eigenvalue weighted by Gasteiger charge is 2.39. The summed E-state index contributed by atoms with van der Waals surface area (Å²) in [5, 5.41) is 3.04. The molecule has 1 saturated carbocycles. The molecule has 3 N–H and O–H groups in total. The Morgan fingerprint density at radius 2 is 2.13 bits per heavy atom. The molecule has 124 valence electrons. The zero-order valence-corrected chi connectivity index (χ0v) is 15.1. The van der Waals surface area contributed by atoms with Crippen LogP contribution in [-0.4, -0.2) is 12.5 Å². The molecule has 1 amide bonds. The van der Waals surface area contributed by atoms with Crippen molar-refractivity contribution in [2.45, 2.75) is 31.2 Å². The molecule has 0 bridgehead atoms. The van der Waals surface area contributed by atoms with Crippen molar-refractivity contribution in [3.8, 4) is 0 Å². The molecule has 1 aromatic carbocycles. The van der Waals surface area contributed by atoms with Crippen LogP contribution in [0.2, 0.25) is 0 Å². The fourth-order valence-corrected chi connectivity index (χ4v) is 3.35. The molecule has 0 radical (unpaired) electrons. The van der Waals surface area contributed by atoms with Gasteiger partial charge in [0.05, 0.1) is 12.1 Å². The molecule has 1 aliphatic rings. The van der Waals surface area contributed by atoms with Crippen LogP contribution in [0.3, 0.4) is 0 Å². The Hall–Kier alpha value is -1.30. The number of halogens is 2. The van der Waals surface area contributed by atoms with Crippen molar-refractivity contribution in [3.63, 3.8) is 0 Å². The van der Waals surface area contributed by atoms with Gasteiger partial charge in [0.1, 0.15) is 12.0 Å². The van der Waals surface area contributed by atoms with E-state index in [-0.39, 0.29) is 23.7 Å². The van der Waals surface area contributed by atoms with Gasteiger partial charge in [-0.1, -0.05) is 34.5 Å². The van der Waals surface area contributed by atoms with E-state index >= 15 is 0 Å². The van der Waals surface area contributed by atoms with Crippen molar-refractivity contribution in [3.05, 3.63) is 58.0 Å². The third-order valence-electron chi connectivity index (χ3n) is 4.45. The largest absolute Gasteiger partial charge is 0.467 e. The zero-order valence-electron chi connectivity index (χ0n) is 12.7. The second-order valence-corrected chi connectivity index (χ2v) is 6.75. The molecule has 1 aliphatic carbocycles. The Morgan fingerprint density at radius 1 is 1.35 bits per heavy atom. The van der Waals surface area contributed by atoms with Gasteiger partial charge in [-0.3, -0.25) is 4.79 Å². The maximum absolute atomic E-state index is 12.2. The van der Waals surface area contributed by atoms with E-state index in [0.717, 1.165) is 17.3 Å². The lowest BCUT2D eigenvalue weighted by Crippen LogP contribution is -2.45. The van der Waals surface area contributed by atoms with Crippen molar-refractivity contribution in [2.24, 2.45) is 5.73 Å². The predicted molar refractivity (Wildman–Crippen MR) is 95.9 cm³/mol. The van der Waals surface area contributed by atoms with Crippen LogP contribution in [0.15, 0.2) is 45.5 Å². The Balaban J connectivity index is 0.00000192. The van der Waals surface area contributed by atoms with Crippen LogP contribution in [0.1, 0.15) is 40.9 Å². The first-order valence-electron chi connectivity index (χ1n) is 7.45. The summed E-state index contributed by atoms with van der Waals surface area (Å²) in [7, 11) is 0. The maximum Gasteiger partial charge on any atom is 0.254 e. The van der Waals surface area contributed by atoms with E-state index in [4.69, 9.17) is 10.2 Å². The highest BCUT2D eigenvalue weighted by Crippen LogP contribution is 2.43. The van der Waals surface area contributed by atoms with Gasteiger partial charge in [-0.05, 0) is 36.6 Å². The van der Waals surface area contributed by atoms with Gasteiger partial charge in [0, 0.05) is 16.4 Å². The highest BCUT2D eigenvalue weighted by atomic mass is 79.9. The summed E-state index contributed by atoms with van der Waals surface area (Å²) >= 11 is 3.52. The maximum atomic E-state index is 12.2. The Bertz CT molecular complexity index is 683. The molecular formula is C17H20BrClN2O2. The minimum absolute atomic E-state index is 0. The molecule has 1 heterocycles. The van der Waals surface area contributed by atoms with Gasteiger partial charge in [-0.25, -0.2) is 0 Å². The number of nitrogens with one attached hydrogen (secondary N) is 1. The lowest BCUT2D eigenvalue weighted by molar-refractivity contribution is 0.0927. The quantitative estimate of drug-likeness (QED) is 0.804. The third kappa shape index (κ3) is 3.79. The van der Waals surface area contributed by atoms with Crippen molar-refractivity contribution >= 4 is 34.2 Å². The minimum Gasteiger partial charge on any atom is -0.467 e. The first-order valence-corrected chi connectivity index (χ1v) is 8.24. The second kappa shape index (κ2) is 7.51. The number of benzene rings is 1. The summed E-state index contributed by atoms with van der Waals surface area (Å²) in [5.41, 5.74) is 7.37. The smallest absolute Gasteiger partial charge is 0.254 e. The molecule has 3 rings (SSSR count). The van der Waals surface area contributed by atoms with Crippen LogP contribution >= 0.6 is 28.3 Å². The zero-order chi connectivity index (χ0) is 15.6. The molecule has 1 aromatic heterocycles. The van der Waals surface area contributed by atoms with E-state index in [0.29, 0.717) is 24.4 Å². The van der Waals surface area contributed by atoms with Gasteiger partial charge in [0.15, 0.2) is 0 Å². The molecule has 1 fully saturated rings. The number of carbonyl (C=O) groups is 1. The fourth-order valence-electron chi connectivity index (χ4n) is 2.95. The normalized spacial score (nSPS) is 15.4. The second-order valence-electron chi connectivity index (χ2n) is 5.83. The van der Waals surface area contributed by atoms with Crippen LogP contribution in [-0.2, 0) is 12.0 Å². The number of carbonyl (C=O) groups excluding carboxylic acids is 1. The first kappa shape index (κ1) is 18.0. The lowest BCUT2D eigenvalue weighted by Gasteiger charge is -2.42. The average Bonchev–Trinajstić information content (AvgIpc) is 2.95. The molecule has 0 spiro atoms. The number of hydrogen-bond donors (Lipinski definition) is 2. The van der Waals surface area contributed by atoms with Gasteiger partial charge in [-0.2, -0.15) is 0 Å².